The number of carboxylic acid groups (broad SMARTS) is 1. The topological polar surface area (TPSA) is 157 Å². The third kappa shape index (κ3) is 9.80. The molecular weight excluding hydrogens is 716 g/mol. The molecule has 4 aromatic heterocycles. The molecule has 2 saturated heterocycles. The maximum atomic E-state index is 14.5. The highest BCUT2D eigenvalue weighted by Gasteiger charge is 2.37. The number of nitrogens with zero attached hydrogens (tertiary/aromatic N) is 10. The first-order valence-corrected chi connectivity index (χ1v) is 15.6. The molecule has 0 saturated carbocycles. The largest absolute Gasteiger partial charge is 0.476 e. The van der Waals surface area contributed by atoms with Crippen LogP contribution in [0.4, 0.5) is 35.1 Å². The molecular formula is C30H30F8N10O4. The lowest BCUT2D eigenvalue weighted by Gasteiger charge is -2.18. The van der Waals surface area contributed by atoms with Gasteiger partial charge in [-0.1, -0.05) is 10.4 Å². The average molecular weight is 747 g/mol. The SMILES string of the molecule is CCOC(=O)c1cn(-c2cnc(C3CCN(CC(F)(F)F)C3)c(F)c2)nn1.O=C(O)c1cn(-c2cnc(C3CCN(CC(F)(F)F)C3)c(F)c2)nn1. The molecule has 2 fully saturated rings. The van der Waals surface area contributed by atoms with E-state index in [0.29, 0.717) is 12.8 Å². The molecule has 0 amide bonds. The van der Waals surface area contributed by atoms with E-state index in [1.807, 2.05) is 0 Å². The van der Waals surface area contributed by atoms with Gasteiger partial charge in [-0.25, -0.2) is 27.7 Å². The molecule has 280 valence electrons. The molecule has 0 aliphatic carbocycles. The molecule has 14 nitrogen and oxygen atoms in total. The zero-order valence-corrected chi connectivity index (χ0v) is 27.2. The van der Waals surface area contributed by atoms with Crippen molar-refractivity contribution in [3.05, 3.63) is 71.3 Å². The summed E-state index contributed by atoms with van der Waals surface area (Å²) < 4.78 is 111. The maximum Gasteiger partial charge on any atom is 0.401 e. The molecule has 0 radical (unpaired) electrons. The van der Waals surface area contributed by atoms with Crippen LogP contribution in [0.1, 0.15) is 64.0 Å². The second-order valence-electron chi connectivity index (χ2n) is 11.9. The van der Waals surface area contributed by atoms with Crippen LogP contribution >= 0.6 is 0 Å². The molecule has 2 aliphatic rings. The highest BCUT2D eigenvalue weighted by molar-refractivity contribution is 5.86. The average Bonchev–Trinajstić information content (AvgIpc) is 3.88. The molecule has 6 rings (SSSR count). The smallest absolute Gasteiger partial charge is 0.401 e. The van der Waals surface area contributed by atoms with Crippen LogP contribution in [0.2, 0.25) is 0 Å². The van der Waals surface area contributed by atoms with Crippen molar-refractivity contribution in [2.45, 2.75) is 44.0 Å². The number of halogens is 8. The Labute approximate surface area is 289 Å². The number of alkyl halides is 6. The van der Waals surface area contributed by atoms with Gasteiger partial charge >= 0.3 is 24.3 Å². The van der Waals surface area contributed by atoms with E-state index in [4.69, 9.17) is 9.84 Å². The van der Waals surface area contributed by atoms with Crippen LogP contribution in [0.3, 0.4) is 0 Å². The number of ether oxygens (including phenoxy) is 1. The molecule has 0 aromatic carbocycles. The van der Waals surface area contributed by atoms with Crippen molar-refractivity contribution in [3.8, 4) is 11.4 Å². The van der Waals surface area contributed by atoms with Gasteiger partial charge in [-0.05, 0) is 32.9 Å². The summed E-state index contributed by atoms with van der Waals surface area (Å²) in [4.78, 5) is 32.9. The molecule has 2 aliphatic heterocycles. The summed E-state index contributed by atoms with van der Waals surface area (Å²) in [6, 6.07) is 2.27. The summed E-state index contributed by atoms with van der Waals surface area (Å²) in [5, 5.41) is 23.2. The van der Waals surface area contributed by atoms with Crippen LogP contribution in [0.25, 0.3) is 11.4 Å². The number of carboxylic acids is 1. The van der Waals surface area contributed by atoms with Gasteiger partial charge in [0.2, 0.25) is 0 Å². The van der Waals surface area contributed by atoms with Crippen molar-refractivity contribution in [1.29, 1.82) is 0 Å². The first-order chi connectivity index (χ1) is 24.5. The van der Waals surface area contributed by atoms with E-state index >= 15 is 0 Å². The second kappa shape index (κ2) is 15.6. The number of hydrogen-bond donors (Lipinski definition) is 1. The summed E-state index contributed by atoms with van der Waals surface area (Å²) in [6.45, 7) is 0.424. The fraction of sp³-hybridized carbons (Fsp3) is 0.467. The number of aromatic carboxylic acids is 1. The standard InChI is InChI=1S/C16H17F4N5O2.C14H13F4N5O2/c1-2-27-15(26)13-8-25(23-22-13)11-5-12(17)14(21-6-11)10-3-4-24(7-10)9-16(18,19)20;15-10-3-9(23-6-11(13(24)25)20-21-23)4-19-12(10)8-1-2-22(5-8)7-14(16,17)18/h5-6,8,10H,2-4,7,9H2,1H3;3-4,6,8H,1-2,5,7H2,(H,24,25). The number of carbonyl (C=O) groups is 2. The Bertz CT molecular complexity index is 1880. The number of likely N-dealkylation sites (tertiary alicyclic amines) is 2. The molecule has 6 heterocycles. The lowest BCUT2D eigenvalue weighted by Crippen LogP contribution is -2.32. The van der Waals surface area contributed by atoms with Gasteiger partial charge in [-0.3, -0.25) is 19.8 Å². The lowest BCUT2D eigenvalue weighted by molar-refractivity contribution is -0.144. The third-order valence-electron chi connectivity index (χ3n) is 8.05. The maximum absolute atomic E-state index is 14.5. The number of esters is 1. The molecule has 1 N–H and O–H groups in total. The molecule has 52 heavy (non-hydrogen) atoms. The Hall–Kier alpha value is -5.12. The van der Waals surface area contributed by atoms with Gasteiger partial charge < -0.3 is 9.84 Å². The summed E-state index contributed by atoms with van der Waals surface area (Å²) in [7, 11) is 0. The summed E-state index contributed by atoms with van der Waals surface area (Å²) in [5.74, 6) is -4.08. The minimum absolute atomic E-state index is 0.0279. The van der Waals surface area contributed by atoms with Crippen molar-refractivity contribution in [3.63, 3.8) is 0 Å². The Morgan fingerprint density at radius 2 is 1.23 bits per heavy atom. The van der Waals surface area contributed by atoms with E-state index in [1.54, 1.807) is 6.92 Å². The molecule has 0 bridgehead atoms. The van der Waals surface area contributed by atoms with Crippen LogP contribution < -0.4 is 0 Å². The van der Waals surface area contributed by atoms with Gasteiger partial charge in [0.15, 0.2) is 11.4 Å². The fourth-order valence-corrected chi connectivity index (χ4v) is 5.81. The van der Waals surface area contributed by atoms with Gasteiger partial charge in [-0.2, -0.15) is 26.3 Å². The van der Waals surface area contributed by atoms with Crippen LogP contribution in [0.5, 0.6) is 0 Å². The third-order valence-corrected chi connectivity index (χ3v) is 8.05. The molecule has 4 aromatic rings. The van der Waals surface area contributed by atoms with Crippen LogP contribution in [-0.2, 0) is 4.74 Å². The minimum Gasteiger partial charge on any atom is -0.476 e. The highest BCUT2D eigenvalue weighted by atomic mass is 19.4. The molecule has 22 heteroatoms. The van der Waals surface area contributed by atoms with E-state index in [0.717, 1.165) is 16.9 Å². The Kier molecular flexibility index (Phi) is 11.5. The predicted octanol–water partition coefficient (Wildman–Crippen LogP) is 4.18. The van der Waals surface area contributed by atoms with Gasteiger partial charge in [-0.15, -0.1) is 10.2 Å². The Balaban J connectivity index is 0.000000202. The summed E-state index contributed by atoms with van der Waals surface area (Å²) in [6.07, 6.45) is -2.77. The first kappa shape index (κ1) is 38.1. The van der Waals surface area contributed by atoms with E-state index in [1.165, 1.54) is 39.1 Å². The van der Waals surface area contributed by atoms with E-state index in [9.17, 15) is 44.7 Å². The van der Waals surface area contributed by atoms with Gasteiger partial charge in [0.05, 0.1) is 67.2 Å². The van der Waals surface area contributed by atoms with Crippen molar-refractivity contribution in [2.24, 2.45) is 0 Å². The van der Waals surface area contributed by atoms with E-state index < -0.39 is 60.9 Å². The monoisotopic (exact) mass is 746 g/mol. The number of rotatable bonds is 9. The van der Waals surface area contributed by atoms with Gasteiger partial charge in [0, 0.05) is 37.1 Å². The fourth-order valence-electron chi connectivity index (χ4n) is 5.81. The van der Waals surface area contributed by atoms with Gasteiger partial charge in [0.1, 0.15) is 11.6 Å². The second-order valence-corrected chi connectivity index (χ2v) is 11.9. The number of hydrogen-bond acceptors (Lipinski definition) is 11. The normalized spacial score (nSPS) is 18.3. The van der Waals surface area contributed by atoms with Crippen LogP contribution in [-0.4, -0.2) is 125 Å². The Morgan fingerprint density at radius 1 is 0.788 bits per heavy atom. The van der Waals surface area contributed by atoms with Crippen molar-refractivity contribution in [1.82, 2.24) is 49.8 Å². The highest BCUT2D eigenvalue weighted by Crippen LogP contribution is 2.32. The van der Waals surface area contributed by atoms with E-state index in [-0.39, 0.29) is 66.9 Å². The predicted molar refractivity (Wildman–Crippen MR) is 161 cm³/mol. The van der Waals surface area contributed by atoms with Crippen molar-refractivity contribution < 1.29 is 54.6 Å². The summed E-state index contributed by atoms with van der Waals surface area (Å²) >= 11 is 0. The van der Waals surface area contributed by atoms with Crippen LogP contribution in [0, 0.1) is 11.6 Å². The van der Waals surface area contributed by atoms with Gasteiger partial charge in [0.25, 0.3) is 0 Å². The lowest BCUT2D eigenvalue weighted by atomic mass is 10.0. The number of aromatic nitrogens is 8. The van der Waals surface area contributed by atoms with Crippen molar-refractivity contribution in [2.75, 3.05) is 45.9 Å². The molecule has 0 spiro atoms. The quantitative estimate of drug-likeness (QED) is 0.193. The minimum atomic E-state index is -4.29. The number of pyridine rings is 2. The molecule has 2 unspecified atom stereocenters. The van der Waals surface area contributed by atoms with Crippen molar-refractivity contribution >= 4 is 11.9 Å². The first-order valence-electron chi connectivity index (χ1n) is 15.6. The Morgan fingerprint density at radius 3 is 1.62 bits per heavy atom. The summed E-state index contributed by atoms with van der Waals surface area (Å²) in [5.41, 5.74) is 0.292. The van der Waals surface area contributed by atoms with Crippen LogP contribution in [0.15, 0.2) is 36.9 Å². The number of carbonyl (C=O) groups excluding carboxylic acids is 1. The molecule has 2 atom stereocenters. The van der Waals surface area contributed by atoms with E-state index in [2.05, 4.69) is 30.6 Å². The zero-order valence-electron chi connectivity index (χ0n) is 27.2. The zero-order chi connectivity index (χ0) is 37.8.